The maximum Gasteiger partial charge on any atom is -1.00 e. The molecule has 0 amide bonds. The minimum Gasteiger partial charge on any atom is -1.00 e. The first kappa shape index (κ1) is 29.2. The van der Waals surface area contributed by atoms with Gasteiger partial charge in [0, 0.05) is 0 Å². The fourth-order valence-electron chi connectivity index (χ4n) is 2.06. The van der Waals surface area contributed by atoms with Crippen molar-refractivity contribution in [2.75, 3.05) is 0 Å². The Morgan fingerprint density at radius 3 is 1.21 bits per heavy atom. The third-order valence-electron chi connectivity index (χ3n) is 3.51. The number of halogens is 2. The van der Waals surface area contributed by atoms with E-state index in [4.69, 9.17) is 0 Å². The van der Waals surface area contributed by atoms with Crippen molar-refractivity contribution in [3.8, 4) is 0 Å². The SMILES string of the molecule is CCC1=[C-]CC(CC)=C1.CCC1=[C-]CC(CC)=C1.C[Si](C)=[Ti+2].[Cl-].[Cl-]. The predicted octanol–water partition coefficient (Wildman–Crippen LogP) is 0.524. The molecule has 0 aliphatic heterocycles. The first-order valence-electron chi connectivity index (χ1n) is 8.56. The van der Waals surface area contributed by atoms with Gasteiger partial charge in [0.05, 0.1) is 0 Å². The van der Waals surface area contributed by atoms with Gasteiger partial charge in [-0.25, -0.2) is 23.3 Å². The first-order chi connectivity index (χ1) is 10.5. The van der Waals surface area contributed by atoms with Crippen LogP contribution in [0, 0.1) is 12.2 Å². The van der Waals surface area contributed by atoms with Crippen LogP contribution in [-0.2, 0) is 19.2 Å². The molecule has 0 saturated carbocycles. The Morgan fingerprint density at radius 1 is 0.792 bits per heavy atom. The average molecular weight is 419 g/mol. The van der Waals surface area contributed by atoms with Crippen molar-refractivity contribution >= 4 is 6.19 Å². The molecule has 2 aliphatic carbocycles. The van der Waals surface area contributed by atoms with E-state index in [1.165, 1.54) is 35.1 Å². The molecule has 2 aliphatic rings. The summed E-state index contributed by atoms with van der Waals surface area (Å²) in [6.07, 6.45) is 18.2. The van der Waals surface area contributed by atoms with E-state index in [2.05, 4.69) is 84.3 Å². The van der Waals surface area contributed by atoms with Crippen molar-refractivity contribution in [2.45, 2.75) is 79.3 Å². The Balaban J connectivity index is -0.000000283. The van der Waals surface area contributed by atoms with Crippen LogP contribution in [0.1, 0.15) is 66.2 Å². The van der Waals surface area contributed by atoms with E-state index >= 15 is 0 Å². The zero-order valence-corrected chi connectivity index (χ0v) is 20.2. The van der Waals surface area contributed by atoms with Crippen LogP contribution >= 0.6 is 0 Å². The summed E-state index contributed by atoms with van der Waals surface area (Å²) in [4.78, 5) is 0. The van der Waals surface area contributed by atoms with E-state index < -0.39 is 0 Å². The van der Waals surface area contributed by atoms with Gasteiger partial charge in [-0.15, -0.1) is 12.8 Å². The van der Waals surface area contributed by atoms with Gasteiger partial charge in [0.25, 0.3) is 0 Å². The van der Waals surface area contributed by atoms with E-state index in [0.29, 0.717) is 0 Å². The molecule has 0 heterocycles. The molecule has 0 nitrogen and oxygen atoms in total. The maximum absolute atomic E-state index is 3.33. The van der Waals surface area contributed by atoms with Crippen LogP contribution in [0.25, 0.3) is 0 Å². The van der Waals surface area contributed by atoms with Gasteiger partial charge in [0.2, 0.25) is 0 Å². The molecular formula is C20H32Cl2SiTi-2. The molecule has 2 rings (SSSR count). The molecule has 0 aromatic carbocycles. The van der Waals surface area contributed by atoms with E-state index in [-0.39, 0.29) is 31.0 Å². The summed E-state index contributed by atoms with van der Waals surface area (Å²) in [6, 6.07) is 0. The van der Waals surface area contributed by atoms with Gasteiger partial charge < -0.3 is 24.8 Å². The topological polar surface area (TPSA) is 0 Å². The van der Waals surface area contributed by atoms with Gasteiger partial charge in [-0.3, -0.25) is 12.2 Å². The van der Waals surface area contributed by atoms with Crippen molar-refractivity contribution in [2.24, 2.45) is 0 Å². The summed E-state index contributed by atoms with van der Waals surface area (Å²) in [5.41, 5.74) is 5.86. The Bertz CT molecular complexity index is 432. The van der Waals surface area contributed by atoms with Gasteiger partial charge in [-0.05, 0) is 0 Å². The van der Waals surface area contributed by atoms with Crippen molar-refractivity contribution in [3.63, 3.8) is 0 Å². The van der Waals surface area contributed by atoms with Gasteiger partial charge in [0.15, 0.2) is 0 Å². The molecule has 0 saturated heterocycles. The molecule has 0 aromatic rings. The van der Waals surface area contributed by atoms with Crippen molar-refractivity contribution in [1.82, 2.24) is 0 Å². The Kier molecular flexibility index (Phi) is 22.3. The third-order valence-corrected chi connectivity index (χ3v) is 3.51. The zero-order chi connectivity index (χ0) is 17.0. The van der Waals surface area contributed by atoms with Gasteiger partial charge >= 0.3 is 38.5 Å². The van der Waals surface area contributed by atoms with E-state index in [1.807, 2.05) is 0 Å². The molecule has 0 N–H and O–H groups in total. The van der Waals surface area contributed by atoms with E-state index in [1.54, 1.807) is 0 Å². The second-order valence-electron chi connectivity index (χ2n) is 5.78. The largest absolute Gasteiger partial charge is 1.00 e. The normalized spacial score (nSPS) is 14.3. The smallest absolute Gasteiger partial charge is 1.00 e. The molecule has 0 radical (unpaired) electrons. The summed E-state index contributed by atoms with van der Waals surface area (Å²) in [7, 11) is 0. The molecule has 136 valence electrons. The molecule has 24 heavy (non-hydrogen) atoms. The molecule has 0 atom stereocenters. The van der Waals surface area contributed by atoms with Crippen LogP contribution in [0.3, 0.4) is 0 Å². The summed E-state index contributed by atoms with van der Waals surface area (Å²) in [5.74, 6) is 0. The summed E-state index contributed by atoms with van der Waals surface area (Å²) in [6.45, 7) is 13.3. The number of hydrogen-bond donors (Lipinski definition) is 0. The predicted molar refractivity (Wildman–Crippen MR) is 97.6 cm³/mol. The van der Waals surface area contributed by atoms with Crippen molar-refractivity contribution in [1.29, 1.82) is 0 Å². The van der Waals surface area contributed by atoms with Gasteiger partial charge in [0.1, 0.15) is 0 Å². The summed E-state index contributed by atoms with van der Waals surface area (Å²) < 4.78 is 0. The fourth-order valence-corrected chi connectivity index (χ4v) is 2.06. The monoisotopic (exact) mass is 418 g/mol. The van der Waals surface area contributed by atoms with E-state index in [9.17, 15) is 0 Å². The van der Waals surface area contributed by atoms with Crippen LogP contribution in [0.5, 0.6) is 0 Å². The molecule has 0 bridgehead atoms. The molecule has 0 unspecified atom stereocenters. The molecule has 0 fully saturated rings. The maximum atomic E-state index is 3.33. The molecular weight excluding hydrogens is 387 g/mol. The standard InChI is InChI=1S/2C9H13.C2H6Si.2ClH.Ti/c2*1-3-8-5-6-9(4-2)7-8;1-3-2;;;/h2*7H,3-5H2,1-2H3;1-2H3;2*1H;/q2*-1;;;;+2/p-2. The Morgan fingerprint density at radius 2 is 1.08 bits per heavy atom. The minimum absolute atomic E-state index is 0. The quantitative estimate of drug-likeness (QED) is 0.461. The fraction of sp³-hybridized carbons (Fsp3) is 0.600. The van der Waals surface area contributed by atoms with Crippen molar-refractivity contribution < 1.29 is 44.0 Å². The van der Waals surface area contributed by atoms with Gasteiger partial charge in [-0.1, -0.05) is 53.4 Å². The van der Waals surface area contributed by atoms with Crippen LogP contribution in [0.15, 0.2) is 34.4 Å². The second-order valence-corrected chi connectivity index (χ2v) is 12.5. The van der Waals surface area contributed by atoms with Crippen LogP contribution in [0.4, 0.5) is 0 Å². The number of allylic oxidation sites excluding steroid dienone is 8. The minimum atomic E-state index is 0. The summed E-state index contributed by atoms with van der Waals surface area (Å²) >= 11 is 2.27. The summed E-state index contributed by atoms with van der Waals surface area (Å²) in [5, 5.41) is 0. The Hall–Kier alpha value is 0.471. The zero-order valence-electron chi connectivity index (χ0n) is 16.2. The van der Waals surface area contributed by atoms with Crippen molar-refractivity contribution in [3.05, 3.63) is 46.6 Å². The second kappa shape index (κ2) is 18.3. The molecule has 0 spiro atoms. The van der Waals surface area contributed by atoms with Crippen LogP contribution < -0.4 is 24.8 Å². The molecule has 0 aromatic heterocycles. The number of hydrogen-bond acceptors (Lipinski definition) is 0. The van der Waals surface area contributed by atoms with Crippen LogP contribution in [-0.4, -0.2) is 6.19 Å². The third kappa shape index (κ3) is 14.8. The molecule has 4 heteroatoms. The van der Waals surface area contributed by atoms with Gasteiger partial charge in [-0.2, -0.15) is 11.1 Å². The first-order valence-corrected chi connectivity index (χ1v) is 13.4. The average Bonchev–Trinajstić information content (AvgIpc) is 3.15. The Labute approximate surface area is 175 Å². The van der Waals surface area contributed by atoms with Crippen LogP contribution in [0.2, 0.25) is 13.1 Å². The van der Waals surface area contributed by atoms with E-state index in [0.717, 1.165) is 25.7 Å². The number of rotatable bonds is 4.